The van der Waals surface area contributed by atoms with Crippen molar-refractivity contribution in [1.29, 1.82) is 0 Å². The molecule has 1 aliphatic rings. The predicted octanol–water partition coefficient (Wildman–Crippen LogP) is -1.61. The van der Waals surface area contributed by atoms with E-state index >= 15 is 0 Å². The first-order valence-corrected chi connectivity index (χ1v) is 4.91. The zero-order valence-corrected chi connectivity index (χ0v) is 8.79. The molecule has 2 atom stereocenters. The van der Waals surface area contributed by atoms with Crippen molar-refractivity contribution in [2.45, 2.75) is 18.6 Å². The molecule has 0 aromatic carbocycles. The lowest BCUT2D eigenvalue weighted by atomic mass is 10.2. The lowest BCUT2D eigenvalue weighted by Gasteiger charge is -2.18. The van der Waals surface area contributed by atoms with E-state index in [1.165, 1.54) is 0 Å². The van der Waals surface area contributed by atoms with E-state index in [0.717, 1.165) is 0 Å². The van der Waals surface area contributed by atoms with Gasteiger partial charge in [-0.3, -0.25) is 4.79 Å². The fourth-order valence-corrected chi connectivity index (χ4v) is 1.54. The van der Waals surface area contributed by atoms with Gasteiger partial charge in [-0.25, -0.2) is 0 Å². The van der Waals surface area contributed by atoms with Gasteiger partial charge in [0.1, 0.15) is 0 Å². The molecule has 0 aliphatic carbocycles. The minimum atomic E-state index is -0.374. The highest BCUT2D eigenvalue weighted by Gasteiger charge is 2.21. The Morgan fingerprint density at radius 1 is 1.71 bits per heavy atom. The van der Waals surface area contributed by atoms with Crippen molar-refractivity contribution in [2.75, 3.05) is 33.7 Å². The van der Waals surface area contributed by atoms with Crippen LogP contribution in [-0.4, -0.2) is 61.8 Å². The Balaban J connectivity index is 2.11. The Morgan fingerprint density at radius 2 is 2.43 bits per heavy atom. The number of amides is 1. The second-order valence-electron chi connectivity index (χ2n) is 4.03. The maximum atomic E-state index is 10.9. The molecule has 0 bridgehead atoms. The minimum Gasteiger partial charge on any atom is -0.390 e. The van der Waals surface area contributed by atoms with E-state index < -0.39 is 0 Å². The monoisotopic (exact) mass is 201 g/mol. The van der Waals surface area contributed by atoms with E-state index in [1.807, 2.05) is 19.0 Å². The molecule has 1 amide bonds. The fourth-order valence-electron chi connectivity index (χ4n) is 1.54. The van der Waals surface area contributed by atoms with Gasteiger partial charge in [0.2, 0.25) is 5.91 Å². The van der Waals surface area contributed by atoms with Crippen molar-refractivity contribution in [2.24, 2.45) is 0 Å². The van der Waals surface area contributed by atoms with Crippen LogP contribution in [0.3, 0.4) is 0 Å². The number of nitrogens with one attached hydrogen (secondary N) is 2. The van der Waals surface area contributed by atoms with Gasteiger partial charge < -0.3 is 20.6 Å². The molecule has 2 unspecified atom stereocenters. The first-order chi connectivity index (χ1) is 6.58. The van der Waals surface area contributed by atoms with Crippen LogP contribution >= 0.6 is 0 Å². The van der Waals surface area contributed by atoms with Crippen LogP contribution in [0.25, 0.3) is 0 Å². The summed E-state index contributed by atoms with van der Waals surface area (Å²) in [5.74, 6) is 0.0876. The molecule has 0 aromatic rings. The molecule has 0 radical (unpaired) electrons. The van der Waals surface area contributed by atoms with Crippen LogP contribution < -0.4 is 10.6 Å². The van der Waals surface area contributed by atoms with E-state index in [1.54, 1.807) is 0 Å². The van der Waals surface area contributed by atoms with Crippen molar-refractivity contribution >= 4 is 5.91 Å². The number of aliphatic hydroxyl groups excluding tert-OH is 1. The molecule has 82 valence electrons. The number of aliphatic hydroxyl groups is 1. The fraction of sp³-hybridized carbons (Fsp3) is 0.889. The number of hydrogen-bond donors (Lipinski definition) is 3. The summed E-state index contributed by atoms with van der Waals surface area (Å²) in [6, 6.07) is 0.180. The molecule has 0 spiro atoms. The van der Waals surface area contributed by atoms with Gasteiger partial charge in [-0.2, -0.15) is 0 Å². The molecule has 1 saturated heterocycles. The SMILES string of the molecule is CN(C)CC(O)CNC1CNC(=O)C1. The third-order valence-electron chi connectivity index (χ3n) is 2.20. The van der Waals surface area contributed by atoms with Crippen LogP contribution in [0.1, 0.15) is 6.42 Å². The van der Waals surface area contributed by atoms with E-state index in [9.17, 15) is 9.90 Å². The van der Waals surface area contributed by atoms with Crippen molar-refractivity contribution in [1.82, 2.24) is 15.5 Å². The van der Waals surface area contributed by atoms with Crippen molar-refractivity contribution in [3.05, 3.63) is 0 Å². The number of hydrogen-bond acceptors (Lipinski definition) is 4. The number of carbonyl (C=O) groups is 1. The van der Waals surface area contributed by atoms with Crippen LogP contribution in [0.4, 0.5) is 0 Å². The summed E-state index contributed by atoms with van der Waals surface area (Å²) in [5.41, 5.74) is 0. The standard InChI is InChI=1S/C9H19N3O2/c1-12(2)6-8(13)5-10-7-3-9(14)11-4-7/h7-8,10,13H,3-6H2,1-2H3,(H,11,14). The van der Waals surface area contributed by atoms with E-state index in [-0.39, 0.29) is 18.1 Å². The molecule has 1 rings (SSSR count). The second kappa shape index (κ2) is 5.29. The van der Waals surface area contributed by atoms with Gasteiger partial charge >= 0.3 is 0 Å². The highest BCUT2D eigenvalue weighted by atomic mass is 16.3. The lowest BCUT2D eigenvalue weighted by Crippen LogP contribution is -2.40. The largest absolute Gasteiger partial charge is 0.390 e. The number of carbonyl (C=O) groups excluding carboxylic acids is 1. The first-order valence-electron chi connectivity index (χ1n) is 4.91. The van der Waals surface area contributed by atoms with Gasteiger partial charge in [-0.05, 0) is 14.1 Å². The highest BCUT2D eigenvalue weighted by Crippen LogP contribution is 1.98. The smallest absolute Gasteiger partial charge is 0.221 e. The molecule has 5 nitrogen and oxygen atoms in total. The van der Waals surface area contributed by atoms with Crippen LogP contribution in [0, 0.1) is 0 Å². The molecule has 1 heterocycles. The molecule has 0 aromatic heterocycles. The van der Waals surface area contributed by atoms with E-state index in [4.69, 9.17) is 0 Å². The molecule has 3 N–H and O–H groups in total. The van der Waals surface area contributed by atoms with Gasteiger partial charge in [0, 0.05) is 32.1 Å². The first kappa shape index (κ1) is 11.4. The molecule has 0 saturated carbocycles. The summed E-state index contributed by atoms with van der Waals surface area (Å²) in [5, 5.41) is 15.4. The molecular weight excluding hydrogens is 182 g/mol. The third kappa shape index (κ3) is 4.04. The van der Waals surface area contributed by atoms with Gasteiger partial charge in [0.15, 0.2) is 0 Å². The zero-order chi connectivity index (χ0) is 10.6. The van der Waals surface area contributed by atoms with Crippen LogP contribution in [0.5, 0.6) is 0 Å². The van der Waals surface area contributed by atoms with Crippen molar-refractivity contribution in [3.8, 4) is 0 Å². The molecule has 1 aliphatic heterocycles. The number of nitrogens with zero attached hydrogens (tertiary/aromatic N) is 1. The highest BCUT2D eigenvalue weighted by molar-refractivity contribution is 5.78. The summed E-state index contributed by atoms with van der Waals surface area (Å²) < 4.78 is 0. The summed E-state index contributed by atoms with van der Waals surface area (Å²) in [7, 11) is 3.84. The Labute approximate surface area is 84.5 Å². The van der Waals surface area contributed by atoms with Crippen LogP contribution in [0.15, 0.2) is 0 Å². The number of rotatable bonds is 5. The Kier molecular flexibility index (Phi) is 4.31. The van der Waals surface area contributed by atoms with Crippen molar-refractivity contribution < 1.29 is 9.90 Å². The van der Waals surface area contributed by atoms with E-state index in [2.05, 4.69) is 10.6 Å². The van der Waals surface area contributed by atoms with Crippen molar-refractivity contribution in [3.63, 3.8) is 0 Å². The third-order valence-corrected chi connectivity index (χ3v) is 2.20. The molecular formula is C9H19N3O2. The summed E-state index contributed by atoms with van der Waals surface area (Å²) in [6.07, 6.45) is 0.148. The van der Waals surface area contributed by atoms with Gasteiger partial charge in [-0.15, -0.1) is 0 Å². The maximum absolute atomic E-state index is 10.9. The average Bonchev–Trinajstić information content (AvgIpc) is 2.47. The summed E-state index contributed by atoms with van der Waals surface area (Å²) in [6.45, 7) is 1.85. The lowest BCUT2D eigenvalue weighted by molar-refractivity contribution is -0.119. The summed E-state index contributed by atoms with van der Waals surface area (Å²) >= 11 is 0. The summed E-state index contributed by atoms with van der Waals surface area (Å²) in [4.78, 5) is 12.8. The normalized spacial score (nSPS) is 24.0. The quantitative estimate of drug-likeness (QED) is 0.500. The zero-order valence-electron chi connectivity index (χ0n) is 8.79. The molecule has 1 fully saturated rings. The van der Waals surface area contributed by atoms with Crippen LogP contribution in [-0.2, 0) is 4.79 Å². The van der Waals surface area contributed by atoms with Gasteiger partial charge in [-0.1, -0.05) is 0 Å². The second-order valence-corrected chi connectivity index (χ2v) is 4.03. The van der Waals surface area contributed by atoms with E-state index in [0.29, 0.717) is 26.1 Å². The van der Waals surface area contributed by atoms with Gasteiger partial charge in [0.25, 0.3) is 0 Å². The Hall–Kier alpha value is -0.650. The minimum absolute atomic E-state index is 0.0876. The Bertz CT molecular complexity index is 196. The molecule has 14 heavy (non-hydrogen) atoms. The number of likely N-dealkylation sites (N-methyl/N-ethyl adjacent to an activating group) is 1. The van der Waals surface area contributed by atoms with Gasteiger partial charge in [0.05, 0.1) is 6.10 Å². The maximum Gasteiger partial charge on any atom is 0.221 e. The topological polar surface area (TPSA) is 64.6 Å². The molecule has 5 heteroatoms. The Morgan fingerprint density at radius 3 is 2.93 bits per heavy atom. The predicted molar refractivity (Wildman–Crippen MR) is 54.0 cm³/mol. The van der Waals surface area contributed by atoms with Crippen LogP contribution in [0.2, 0.25) is 0 Å². The average molecular weight is 201 g/mol.